The molecule has 1 N–H and O–H groups in total. The van der Waals surface area contributed by atoms with Gasteiger partial charge in [0.2, 0.25) is 0 Å². The Kier molecular flexibility index (Phi) is 6.94. The number of carbonyl (C=O) groups is 3. The molecule has 0 saturated heterocycles. The Balaban J connectivity index is 1.32. The number of imide groups is 1. The van der Waals surface area contributed by atoms with Gasteiger partial charge in [-0.1, -0.05) is 23.8 Å². The predicted molar refractivity (Wildman–Crippen MR) is 147 cm³/mol. The molecular formula is C29H22N4O7. The van der Waals surface area contributed by atoms with Crippen molar-refractivity contribution >= 4 is 46.1 Å². The molecule has 0 unspecified atom stereocenters. The fourth-order valence-corrected chi connectivity index (χ4v) is 4.32. The van der Waals surface area contributed by atoms with E-state index in [1.807, 2.05) is 19.1 Å². The third kappa shape index (κ3) is 4.95. The van der Waals surface area contributed by atoms with Crippen LogP contribution in [-0.2, 0) is 4.79 Å². The van der Waals surface area contributed by atoms with Crippen LogP contribution in [0, 0.1) is 17.0 Å². The van der Waals surface area contributed by atoms with E-state index in [9.17, 15) is 24.5 Å². The Morgan fingerprint density at radius 2 is 1.73 bits per heavy atom. The van der Waals surface area contributed by atoms with Gasteiger partial charge in [-0.3, -0.25) is 24.5 Å². The number of amides is 3. The van der Waals surface area contributed by atoms with Crippen LogP contribution < -0.4 is 14.8 Å². The molecule has 1 aliphatic rings. The number of benzene rings is 4. The maximum Gasteiger partial charge on any atom is 0.282 e. The van der Waals surface area contributed by atoms with Gasteiger partial charge in [0, 0.05) is 17.1 Å². The second kappa shape index (κ2) is 10.7. The summed E-state index contributed by atoms with van der Waals surface area (Å²) < 4.78 is 11.0. The molecule has 0 saturated carbocycles. The minimum atomic E-state index is -0.702. The maximum atomic E-state index is 13.1. The quantitative estimate of drug-likeness (QED) is 0.148. The van der Waals surface area contributed by atoms with Crippen molar-refractivity contribution in [2.45, 2.75) is 6.92 Å². The Hall–Kier alpha value is -5.58. The van der Waals surface area contributed by atoms with Crippen molar-refractivity contribution in [1.29, 1.82) is 0 Å². The topological polar surface area (TPSA) is 140 Å². The van der Waals surface area contributed by atoms with Gasteiger partial charge in [0.15, 0.2) is 18.1 Å². The highest BCUT2D eigenvalue weighted by Crippen LogP contribution is 2.35. The maximum absolute atomic E-state index is 13.1. The van der Waals surface area contributed by atoms with Gasteiger partial charge in [-0.05, 0) is 61.0 Å². The second-order valence-electron chi connectivity index (χ2n) is 8.90. The van der Waals surface area contributed by atoms with Gasteiger partial charge in [0.05, 0.1) is 34.8 Å². The Morgan fingerprint density at radius 1 is 1.00 bits per heavy atom. The van der Waals surface area contributed by atoms with E-state index < -0.39 is 16.7 Å². The van der Waals surface area contributed by atoms with Crippen molar-refractivity contribution in [2.24, 2.45) is 5.10 Å². The Labute approximate surface area is 227 Å². The van der Waals surface area contributed by atoms with Gasteiger partial charge in [-0.25, -0.2) is 0 Å². The van der Waals surface area contributed by atoms with E-state index in [0.29, 0.717) is 22.7 Å². The molecule has 0 atom stereocenters. The van der Waals surface area contributed by atoms with Gasteiger partial charge in [0.25, 0.3) is 23.4 Å². The third-order valence-electron chi connectivity index (χ3n) is 6.26. The van der Waals surface area contributed by atoms with E-state index in [1.54, 1.807) is 30.3 Å². The summed E-state index contributed by atoms with van der Waals surface area (Å²) in [5.41, 5.74) is 2.29. The number of aryl methyl sites for hydroxylation is 1. The molecule has 0 spiro atoms. The summed E-state index contributed by atoms with van der Waals surface area (Å²) in [6.07, 6.45) is 1.31. The van der Waals surface area contributed by atoms with Gasteiger partial charge < -0.3 is 14.8 Å². The van der Waals surface area contributed by atoms with Crippen molar-refractivity contribution in [3.8, 4) is 11.5 Å². The van der Waals surface area contributed by atoms with E-state index in [4.69, 9.17) is 9.47 Å². The number of anilines is 1. The number of nitrogens with one attached hydrogen (secondary N) is 1. The number of rotatable bonds is 8. The van der Waals surface area contributed by atoms with Crippen molar-refractivity contribution < 1.29 is 28.8 Å². The van der Waals surface area contributed by atoms with Crippen molar-refractivity contribution in [3.05, 3.63) is 105 Å². The first kappa shape index (κ1) is 26.0. The second-order valence-corrected chi connectivity index (χ2v) is 8.90. The molecule has 0 bridgehead atoms. The molecule has 5 rings (SSSR count). The molecule has 0 aromatic heterocycles. The van der Waals surface area contributed by atoms with Crippen LogP contribution in [0.1, 0.15) is 31.8 Å². The summed E-state index contributed by atoms with van der Waals surface area (Å²) in [4.78, 5) is 49.4. The first-order valence-electron chi connectivity index (χ1n) is 12.1. The lowest BCUT2D eigenvalue weighted by Crippen LogP contribution is -2.36. The molecule has 1 heterocycles. The highest BCUT2D eigenvalue weighted by atomic mass is 16.6. The fraction of sp³-hybridized carbons (Fsp3) is 0.103. The lowest BCUT2D eigenvalue weighted by molar-refractivity contribution is -0.383. The van der Waals surface area contributed by atoms with Crippen LogP contribution in [-0.4, -0.2) is 47.6 Å². The number of hydrogen-bond acceptors (Lipinski definition) is 8. The van der Waals surface area contributed by atoms with E-state index >= 15 is 0 Å². The van der Waals surface area contributed by atoms with E-state index in [2.05, 4.69) is 10.4 Å². The molecular weight excluding hydrogens is 516 g/mol. The highest BCUT2D eigenvalue weighted by Gasteiger charge is 2.34. The first-order chi connectivity index (χ1) is 19.3. The van der Waals surface area contributed by atoms with Crippen LogP contribution >= 0.6 is 0 Å². The molecule has 11 heteroatoms. The molecule has 200 valence electrons. The zero-order chi connectivity index (χ0) is 28.4. The van der Waals surface area contributed by atoms with Crippen LogP contribution in [0.2, 0.25) is 0 Å². The third-order valence-corrected chi connectivity index (χ3v) is 6.26. The van der Waals surface area contributed by atoms with Crippen LogP contribution in [0.3, 0.4) is 0 Å². The van der Waals surface area contributed by atoms with Crippen molar-refractivity contribution in [2.75, 3.05) is 19.0 Å². The smallest absolute Gasteiger partial charge is 0.282 e. The summed E-state index contributed by atoms with van der Waals surface area (Å²) in [5, 5.41) is 19.4. The number of nitro groups is 1. The van der Waals surface area contributed by atoms with Crippen LogP contribution in [0.5, 0.6) is 11.5 Å². The molecule has 40 heavy (non-hydrogen) atoms. The number of hydrogen-bond donors (Lipinski definition) is 1. The number of non-ortho nitro benzene ring substituents is 1. The monoisotopic (exact) mass is 538 g/mol. The molecule has 0 aliphatic carbocycles. The zero-order valence-corrected chi connectivity index (χ0v) is 21.4. The number of hydrazone groups is 1. The number of methoxy groups -OCH3 is 1. The standard InChI is InChI=1S/C29H22N4O7/c1-17-6-9-19(10-7-17)31-26(34)16-40-24-13-8-18(14-25(24)39-2)15-30-32-28(35)21-5-3-4-20-23(33(37)38)12-11-22(27(20)21)29(32)36/h3-15H,16H2,1-2H3,(H,31,34). The van der Waals surface area contributed by atoms with E-state index in [0.717, 1.165) is 10.6 Å². The largest absolute Gasteiger partial charge is 0.493 e. The minimum absolute atomic E-state index is 0.137. The Morgan fingerprint density at radius 3 is 2.42 bits per heavy atom. The summed E-state index contributed by atoms with van der Waals surface area (Å²) in [6.45, 7) is 1.70. The molecule has 4 aromatic carbocycles. The SMILES string of the molecule is COc1cc(C=NN2C(=O)c3cccc4c([N+](=O)[O-])ccc(c34)C2=O)ccc1OCC(=O)Nc1ccc(C)cc1. The van der Waals surface area contributed by atoms with Crippen LogP contribution in [0.25, 0.3) is 10.8 Å². The molecule has 0 fully saturated rings. The molecule has 11 nitrogen and oxygen atoms in total. The molecule has 3 amide bonds. The normalized spacial score (nSPS) is 12.6. The van der Waals surface area contributed by atoms with Crippen LogP contribution in [0.15, 0.2) is 77.9 Å². The minimum Gasteiger partial charge on any atom is -0.493 e. The number of nitrogens with zero attached hydrogens (tertiary/aromatic N) is 3. The predicted octanol–water partition coefficient (Wildman–Crippen LogP) is 4.71. The van der Waals surface area contributed by atoms with Crippen molar-refractivity contribution in [3.63, 3.8) is 0 Å². The highest BCUT2D eigenvalue weighted by molar-refractivity contribution is 6.26. The van der Waals surface area contributed by atoms with E-state index in [-0.39, 0.29) is 40.1 Å². The number of ether oxygens (including phenoxy) is 2. The van der Waals surface area contributed by atoms with Crippen LogP contribution in [0.4, 0.5) is 11.4 Å². The molecule has 0 radical (unpaired) electrons. The average molecular weight is 539 g/mol. The first-order valence-corrected chi connectivity index (χ1v) is 12.1. The summed E-state index contributed by atoms with van der Waals surface area (Å²) in [5.74, 6) is -1.13. The van der Waals surface area contributed by atoms with Gasteiger partial charge >= 0.3 is 0 Å². The van der Waals surface area contributed by atoms with Gasteiger partial charge in [0.1, 0.15) is 0 Å². The molecule has 1 aliphatic heterocycles. The van der Waals surface area contributed by atoms with Gasteiger partial charge in [-0.2, -0.15) is 10.1 Å². The average Bonchev–Trinajstić information content (AvgIpc) is 2.95. The summed E-state index contributed by atoms with van der Waals surface area (Å²) in [6, 6.07) is 19.2. The lowest BCUT2D eigenvalue weighted by Gasteiger charge is -2.23. The lowest BCUT2D eigenvalue weighted by atomic mass is 9.94. The van der Waals surface area contributed by atoms with Gasteiger partial charge in [-0.15, -0.1) is 0 Å². The summed E-state index contributed by atoms with van der Waals surface area (Å²) in [7, 11) is 1.43. The van der Waals surface area contributed by atoms with Crippen molar-refractivity contribution in [1.82, 2.24) is 5.01 Å². The molecule has 4 aromatic rings. The number of carbonyl (C=O) groups excluding carboxylic acids is 3. The van der Waals surface area contributed by atoms with E-state index in [1.165, 1.54) is 43.7 Å². The number of nitro benzene ring substituents is 1. The Bertz CT molecular complexity index is 1690. The fourth-order valence-electron chi connectivity index (χ4n) is 4.32. The summed E-state index contributed by atoms with van der Waals surface area (Å²) >= 11 is 0. The zero-order valence-electron chi connectivity index (χ0n) is 21.4.